The van der Waals surface area contributed by atoms with Gasteiger partial charge in [0.05, 0.1) is 18.1 Å². The third-order valence-corrected chi connectivity index (χ3v) is 4.54. The van der Waals surface area contributed by atoms with Crippen molar-refractivity contribution in [3.63, 3.8) is 0 Å². The molecule has 0 bridgehead atoms. The number of methoxy groups -OCH3 is 1. The van der Waals surface area contributed by atoms with Gasteiger partial charge in [0, 0.05) is 5.56 Å². The lowest BCUT2D eigenvalue weighted by Gasteiger charge is -2.08. The van der Waals surface area contributed by atoms with Gasteiger partial charge in [0.2, 0.25) is 0 Å². The second-order valence-electron chi connectivity index (χ2n) is 6.42. The second kappa shape index (κ2) is 8.04. The summed E-state index contributed by atoms with van der Waals surface area (Å²) in [6.45, 7) is 4.06. The second-order valence-corrected chi connectivity index (χ2v) is 6.42. The number of aryl methyl sites for hydroxylation is 1. The molecule has 27 heavy (non-hydrogen) atoms. The average Bonchev–Trinajstić information content (AvgIpc) is 2.69. The summed E-state index contributed by atoms with van der Waals surface area (Å²) in [5.41, 5.74) is 3.53. The molecule has 138 valence electrons. The molecule has 2 aromatic carbocycles. The fourth-order valence-electron chi connectivity index (χ4n) is 3.06. The van der Waals surface area contributed by atoms with E-state index in [1.165, 1.54) is 7.11 Å². The lowest BCUT2D eigenvalue weighted by Crippen LogP contribution is -2.12. The Hall–Kier alpha value is -3.14. The lowest BCUT2D eigenvalue weighted by molar-refractivity contribution is 0.0601. The van der Waals surface area contributed by atoms with E-state index >= 15 is 0 Å². The van der Waals surface area contributed by atoms with Gasteiger partial charge in [-0.15, -0.1) is 0 Å². The molecule has 0 spiro atoms. The third-order valence-electron chi connectivity index (χ3n) is 4.54. The summed E-state index contributed by atoms with van der Waals surface area (Å²) in [7, 11) is 1.32. The zero-order valence-corrected chi connectivity index (χ0v) is 15.7. The van der Waals surface area contributed by atoms with Crippen LogP contribution in [0.5, 0.6) is 0 Å². The maximum absolute atomic E-state index is 13.0. The van der Waals surface area contributed by atoms with Crippen molar-refractivity contribution in [3.05, 3.63) is 80.7 Å². The maximum atomic E-state index is 13.0. The van der Waals surface area contributed by atoms with Gasteiger partial charge in [0.1, 0.15) is 11.3 Å². The van der Waals surface area contributed by atoms with E-state index < -0.39 is 5.97 Å². The molecule has 0 radical (unpaired) electrons. The van der Waals surface area contributed by atoms with Crippen LogP contribution < -0.4 is 5.43 Å². The van der Waals surface area contributed by atoms with Crippen LogP contribution in [0.3, 0.4) is 0 Å². The molecule has 0 saturated heterocycles. The van der Waals surface area contributed by atoms with Crippen LogP contribution in [0.1, 0.15) is 46.2 Å². The van der Waals surface area contributed by atoms with Gasteiger partial charge in [-0.2, -0.15) is 0 Å². The Labute approximate surface area is 158 Å². The van der Waals surface area contributed by atoms with Crippen molar-refractivity contribution in [2.45, 2.75) is 26.7 Å². The van der Waals surface area contributed by atoms with E-state index in [0.717, 1.165) is 17.5 Å². The molecule has 3 aromatic rings. The van der Waals surface area contributed by atoms with Crippen molar-refractivity contribution in [2.75, 3.05) is 7.11 Å². The Morgan fingerprint density at radius 1 is 1.15 bits per heavy atom. The molecule has 0 aliphatic heterocycles. The van der Waals surface area contributed by atoms with Crippen LogP contribution in [0.2, 0.25) is 0 Å². The highest BCUT2D eigenvalue weighted by Gasteiger charge is 2.15. The van der Waals surface area contributed by atoms with Crippen molar-refractivity contribution in [2.24, 2.45) is 0 Å². The summed E-state index contributed by atoms with van der Waals surface area (Å²) in [5, 5.41) is 0.398. The van der Waals surface area contributed by atoms with Crippen molar-refractivity contribution >= 4 is 29.1 Å². The fraction of sp³-hybridized carbons (Fsp3) is 0.217. The maximum Gasteiger partial charge on any atom is 0.337 e. The first-order valence-electron chi connectivity index (χ1n) is 8.97. The first-order valence-corrected chi connectivity index (χ1v) is 8.97. The minimum atomic E-state index is -0.475. The van der Waals surface area contributed by atoms with E-state index in [4.69, 9.17) is 9.15 Å². The molecule has 0 aliphatic rings. The monoisotopic (exact) mass is 362 g/mol. The van der Waals surface area contributed by atoms with Gasteiger partial charge < -0.3 is 9.15 Å². The minimum absolute atomic E-state index is 0.103. The highest BCUT2D eigenvalue weighted by molar-refractivity contribution is 5.94. The predicted molar refractivity (Wildman–Crippen MR) is 108 cm³/mol. The summed E-state index contributed by atoms with van der Waals surface area (Å²) < 4.78 is 10.8. The first-order chi connectivity index (χ1) is 13.0. The molecule has 0 aliphatic carbocycles. The van der Waals surface area contributed by atoms with Crippen LogP contribution in [0, 0.1) is 6.92 Å². The zero-order valence-electron chi connectivity index (χ0n) is 15.7. The molecule has 0 N–H and O–H groups in total. The largest absolute Gasteiger partial charge is 0.465 e. The first kappa shape index (κ1) is 18.6. The van der Waals surface area contributed by atoms with Crippen LogP contribution in [0.4, 0.5) is 0 Å². The Morgan fingerprint density at radius 2 is 1.93 bits per heavy atom. The number of carbonyl (C=O) groups is 1. The standard InChI is InChI=1S/C23H22O4/c1-4-7-18-20(12-10-16-9-6-5-8-15(16)2)27-21-13-11-17(23(25)26-3)14-19(21)22(18)24/h5-6,8-14H,4,7H2,1-3H3/b12-10+. The van der Waals surface area contributed by atoms with Gasteiger partial charge in [-0.3, -0.25) is 4.79 Å². The lowest BCUT2D eigenvalue weighted by atomic mass is 10.0. The van der Waals surface area contributed by atoms with Gasteiger partial charge in [-0.1, -0.05) is 43.7 Å². The number of rotatable bonds is 5. The number of esters is 1. The minimum Gasteiger partial charge on any atom is -0.465 e. The molecular weight excluding hydrogens is 340 g/mol. The van der Waals surface area contributed by atoms with Gasteiger partial charge in [-0.05, 0) is 48.7 Å². The molecule has 0 saturated carbocycles. The predicted octanol–water partition coefficient (Wildman–Crippen LogP) is 5.01. The van der Waals surface area contributed by atoms with E-state index in [0.29, 0.717) is 34.3 Å². The summed E-state index contributed by atoms with van der Waals surface area (Å²) in [6.07, 6.45) is 5.23. The van der Waals surface area contributed by atoms with E-state index in [9.17, 15) is 9.59 Å². The fourth-order valence-corrected chi connectivity index (χ4v) is 3.06. The quantitative estimate of drug-likeness (QED) is 0.599. The molecule has 0 amide bonds. The van der Waals surface area contributed by atoms with E-state index in [2.05, 4.69) is 0 Å². The Balaban J connectivity index is 2.15. The van der Waals surface area contributed by atoms with Gasteiger partial charge in [-0.25, -0.2) is 4.79 Å². The zero-order chi connectivity index (χ0) is 19.4. The molecule has 4 heteroatoms. The number of carbonyl (C=O) groups excluding carboxylic acids is 1. The number of benzene rings is 2. The smallest absolute Gasteiger partial charge is 0.337 e. The van der Waals surface area contributed by atoms with Gasteiger partial charge >= 0.3 is 5.97 Å². The van der Waals surface area contributed by atoms with E-state index in [-0.39, 0.29) is 5.43 Å². The summed E-state index contributed by atoms with van der Waals surface area (Å²) in [5.74, 6) is 0.0836. The highest BCUT2D eigenvalue weighted by atomic mass is 16.5. The Morgan fingerprint density at radius 3 is 2.63 bits per heavy atom. The van der Waals surface area contributed by atoms with E-state index in [1.807, 2.05) is 50.3 Å². The Bertz CT molecular complexity index is 1070. The normalized spacial score (nSPS) is 11.2. The van der Waals surface area contributed by atoms with Crippen molar-refractivity contribution in [1.82, 2.24) is 0 Å². The molecule has 0 fully saturated rings. The molecule has 0 atom stereocenters. The number of hydrogen-bond donors (Lipinski definition) is 0. The average molecular weight is 362 g/mol. The molecule has 3 rings (SSSR count). The summed E-state index contributed by atoms with van der Waals surface area (Å²) in [6, 6.07) is 12.8. The van der Waals surface area contributed by atoms with Gasteiger partial charge in [0.25, 0.3) is 0 Å². The summed E-state index contributed by atoms with van der Waals surface area (Å²) >= 11 is 0. The van der Waals surface area contributed by atoms with Crippen molar-refractivity contribution in [1.29, 1.82) is 0 Å². The van der Waals surface area contributed by atoms with Crippen LogP contribution in [-0.2, 0) is 11.2 Å². The van der Waals surface area contributed by atoms with Gasteiger partial charge in [0.15, 0.2) is 5.43 Å². The molecule has 1 heterocycles. The summed E-state index contributed by atoms with van der Waals surface area (Å²) in [4.78, 5) is 24.8. The highest BCUT2D eigenvalue weighted by Crippen LogP contribution is 2.21. The molecular formula is C23H22O4. The van der Waals surface area contributed by atoms with Crippen LogP contribution in [0.25, 0.3) is 23.1 Å². The van der Waals surface area contributed by atoms with E-state index in [1.54, 1.807) is 18.2 Å². The number of hydrogen-bond acceptors (Lipinski definition) is 4. The SMILES string of the molecule is CCCc1c(/C=C/c2ccccc2C)oc2ccc(C(=O)OC)cc2c1=O. The molecule has 4 nitrogen and oxygen atoms in total. The molecule has 1 aromatic heterocycles. The number of fused-ring (bicyclic) bond motifs is 1. The van der Waals surface area contributed by atoms with Crippen LogP contribution in [0.15, 0.2) is 51.7 Å². The van der Waals surface area contributed by atoms with Crippen LogP contribution in [-0.4, -0.2) is 13.1 Å². The topological polar surface area (TPSA) is 56.5 Å². The van der Waals surface area contributed by atoms with Crippen LogP contribution >= 0.6 is 0 Å². The van der Waals surface area contributed by atoms with Crippen molar-refractivity contribution in [3.8, 4) is 0 Å². The number of ether oxygens (including phenoxy) is 1. The van der Waals surface area contributed by atoms with Crippen molar-refractivity contribution < 1.29 is 13.9 Å². The molecule has 0 unspecified atom stereocenters. The third kappa shape index (κ3) is 3.85. The Kier molecular flexibility index (Phi) is 5.55.